The standard InChI is InChI=1S/C10H19N.C9H17NO.C9H19N.C8H17N/c1-8(2)11-9-4-3-5-10(11)7-6-9;1-7(2)10-5-8-3-4-9(6-10)11-8;1-9(2)10-7-5-3-4-6-8-10;1-8(2)9-6-4-3-5-7-9/h8-10H,3-7H2,1-2H3;7-9H,3-6H2,1-2H3;9H,3-8H2,1-2H3;8H,3-7H2,1-2H3. The van der Waals surface area contributed by atoms with Crippen LogP contribution in [0.3, 0.4) is 0 Å². The zero-order valence-electron chi connectivity index (χ0n) is 29.0. The van der Waals surface area contributed by atoms with Gasteiger partial charge >= 0.3 is 0 Å². The lowest BCUT2D eigenvalue weighted by Gasteiger charge is -2.37. The number of hydrogen-bond donors (Lipinski definition) is 0. The van der Waals surface area contributed by atoms with E-state index >= 15 is 0 Å². The zero-order valence-corrected chi connectivity index (χ0v) is 29.0. The average Bonchev–Trinajstić information content (AvgIpc) is 3.27. The fraction of sp³-hybridized carbons (Fsp3) is 1.00. The van der Waals surface area contributed by atoms with E-state index in [1.807, 2.05) is 0 Å². The monoisotopic (exact) mass is 577 g/mol. The molecule has 0 aliphatic carbocycles. The van der Waals surface area contributed by atoms with Crippen molar-refractivity contribution in [2.24, 2.45) is 0 Å². The van der Waals surface area contributed by atoms with Gasteiger partial charge in [0, 0.05) is 49.3 Å². The lowest BCUT2D eigenvalue weighted by Crippen LogP contribution is -2.45. The summed E-state index contributed by atoms with van der Waals surface area (Å²) in [5.74, 6) is 0. The molecular formula is C36H72N4O. The number of nitrogens with zero attached hydrogens (tertiary/aromatic N) is 4. The summed E-state index contributed by atoms with van der Waals surface area (Å²) in [6.45, 7) is 26.0. The maximum atomic E-state index is 5.74. The summed E-state index contributed by atoms with van der Waals surface area (Å²) in [7, 11) is 0. The van der Waals surface area contributed by atoms with Gasteiger partial charge in [-0.25, -0.2) is 0 Å². The van der Waals surface area contributed by atoms with Crippen LogP contribution in [0.4, 0.5) is 0 Å². The SMILES string of the molecule is CC(C)N1C2CCCC1CC2.CC(C)N1CC2CCC(C1)O2.CC(C)N1CCCCC1.CC(C)N1CCCCCC1. The molecule has 4 unspecified atom stereocenters. The maximum absolute atomic E-state index is 5.74. The van der Waals surface area contributed by atoms with E-state index in [9.17, 15) is 0 Å². The second-order valence-corrected chi connectivity index (χ2v) is 15.1. The van der Waals surface area contributed by atoms with Gasteiger partial charge in [0.1, 0.15) is 0 Å². The predicted octanol–water partition coefficient (Wildman–Crippen LogP) is 7.82. The van der Waals surface area contributed by atoms with Crippen LogP contribution in [0.25, 0.3) is 0 Å². The number of likely N-dealkylation sites (tertiary alicyclic amines) is 3. The van der Waals surface area contributed by atoms with E-state index in [1.165, 1.54) is 116 Å². The lowest BCUT2D eigenvalue weighted by atomic mass is 10.0. The molecule has 6 saturated heterocycles. The van der Waals surface area contributed by atoms with E-state index in [0.29, 0.717) is 18.2 Å². The molecule has 0 amide bonds. The topological polar surface area (TPSA) is 22.2 Å². The largest absolute Gasteiger partial charge is 0.372 e. The van der Waals surface area contributed by atoms with E-state index in [2.05, 4.69) is 75.0 Å². The molecule has 242 valence electrons. The molecule has 6 aliphatic rings. The van der Waals surface area contributed by atoms with Crippen LogP contribution in [-0.2, 0) is 4.74 Å². The van der Waals surface area contributed by atoms with Crippen LogP contribution in [0.5, 0.6) is 0 Å². The molecule has 41 heavy (non-hydrogen) atoms. The van der Waals surface area contributed by atoms with Gasteiger partial charge in [-0.2, -0.15) is 0 Å². The molecule has 4 bridgehead atoms. The smallest absolute Gasteiger partial charge is 0.0707 e. The highest BCUT2D eigenvalue weighted by molar-refractivity contribution is 4.93. The van der Waals surface area contributed by atoms with Gasteiger partial charge in [0.25, 0.3) is 0 Å². The Bertz CT molecular complexity index is 640. The molecule has 4 atom stereocenters. The third kappa shape index (κ3) is 12.0. The molecule has 0 saturated carbocycles. The summed E-state index contributed by atoms with van der Waals surface area (Å²) in [6, 6.07) is 4.92. The second kappa shape index (κ2) is 18.6. The fourth-order valence-electron chi connectivity index (χ4n) is 8.11. The van der Waals surface area contributed by atoms with Crippen molar-refractivity contribution in [3.8, 4) is 0 Å². The molecule has 5 nitrogen and oxygen atoms in total. The minimum atomic E-state index is 0.552. The molecular weight excluding hydrogens is 504 g/mol. The molecule has 0 radical (unpaired) electrons. The van der Waals surface area contributed by atoms with Gasteiger partial charge < -0.3 is 14.5 Å². The van der Waals surface area contributed by atoms with Gasteiger partial charge in [-0.15, -0.1) is 0 Å². The first-order chi connectivity index (χ1) is 19.7. The van der Waals surface area contributed by atoms with Crippen LogP contribution in [0, 0.1) is 0 Å². The van der Waals surface area contributed by atoms with Crippen LogP contribution in [0.1, 0.15) is 145 Å². The normalized spacial score (nSPS) is 31.3. The maximum Gasteiger partial charge on any atom is 0.0707 e. The second-order valence-electron chi connectivity index (χ2n) is 15.1. The molecule has 6 heterocycles. The number of ether oxygens (including phenoxy) is 1. The fourth-order valence-corrected chi connectivity index (χ4v) is 8.11. The average molecular weight is 577 g/mol. The number of hydrogen-bond acceptors (Lipinski definition) is 5. The molecule has 6 fully saturated rings. The van der Waals surface area contributed by atoms with E-state index in [0.717, 1.165) is 43.3 Å². The highest BCUT2D eigenvalue weighted by Crippen LogP contribution is 2.36. The third-order valence-electron chi connectivity index (χ3n) is 10.6. The Hall–Kier alpha value is -0.200. The zero-order chi connectivity index (χ0) is 29.8. The van der Waals surface area contributed by atoms with Gasteiger partial charge in [0.2, 0.25) is 0 Å². The molecule has 0 spiro atoms. The van der Waals surface area contributed by atoms with Crippen molar-refractivity contribution in [2.75, 3.05) is 39.3 Å². The minimum Gasteiger partial charge on any atom is -0.372 e. The quantitative estimate of drug-likeness (QED) is 0.339. The highest BCUT2D eigenvalue weighted by atomic mass is 16.5. The van der Waals surface area contributed by atoms with Gasteiger partial charge in [-0.3, -0.25) is 9.80 Å². The van der Waals surface area contributed by atoms with E-state index in [-0.39, 0.29) is 0 Å². The van der Waals surface area contributed by atoms with Crippen LogP contribution >= 0.6 is 0 Å². The lowest BCUT2D eigenvalue weighted by molar-refractivity contribution is -0.0480. The summed E-state index contributed by atoms with van der Waals surface area (Å²) in [4.78, 5) is 10.4. The third-order valence-corrected chi connectivity index (χ3v) is 10.6. The van der Waals surface area contributed by atoms with Crippen LogP contribution < -0.4 is 0 Å². The van der Waals surface area contributed by atoms with Crippen molar-refractivity contribution in [1.29, 1.82) is 0 Å². The molecule has 0 aromatic heterocycles. The first-order valence-corrected chi connectivity index (χ1v) is 18.3. The Morgan fingerprint density at radius 1 is 0.415 bits per heavy atom. The molecule has 6 aliphatic heterocycles. The van der Waals surface area contributed by atoms with Crippen LogP contribution in [-0.4, -0.2) is 107 Å². The van der Waals surface area contributed by atoms with Crippen molar-refractivity contribution in [1.82, 2.24) is 19.6 Å². The van der Waals surface area contributed by atoms with Crippen molar-refractivity contribution >= 4 is 0 Å². The van der Waals surface area contributed by atoms with E-state index in [1.54, 1.807) is 0 Å². The summed E-state index contributed by atoms with van der Waals surface area (Å²) >= 11 is 0. The molecule has 0 N–H and O–H groups in total. The Labute approximate surface area is 257 Å². The van der Waals surface area contributed by atoms with Crippen molar-refractivity contribution in [3.05, 3.63) is 0 Å². The first kappa shape index (κ1) is 35.3. The summed E-state index contributed by atoms with van der Waals surface area (Å²) < 4.78 is 5.74. The van der Waals surface area contributed by atoms with Gasteiger partial charge in [0.15, 0.2) is 0 Å². The van der Waals surface area contributed by atoms with Crippen LogP contribution in [0.15, 0.2) is 0 Å². The number of fused-ring (bicyclic) bond motifs is 4. The summed E-state index contributed by atoms with van der Waals surface area (Å²) in [5.41, 5.74) is 0. The summed E-state index contributed by atoms with van der Waals surface area (Å²) in [5, 5.41) is 0. The van der Waals surface area contributed by atoms with Gasteiger partial charge in [-0.05, 0) is 146 Å². The first-order valence-electron chi connectivity index (χ1n) is 18.3. The number of morpholine rings is 1. The predicted molar refractivity (Wildman–Crippen MR) is 178 cm³/mol. The van der Waals surface area contributed by atoms with Crippen molar-refractivity contribution in [3.63, 3.8) is 0 Å². The molecule has 0 aromatic carbocycles. The summed E-state index contributed by atoms with van der Waals surface area (Å²) in [6.07, 6.45) is 21.0. The van der Waals surface area contributed by atoms with Gasteiger partial charge in [0.05, 0.1) is 12.2 Å². The van der Waals surface area contributed by atoms with Crippen molar-refractivity contribution in [2.45, 2.75) is 194 Å². The van der Waals surface area contributed by atoms with E-state index in [4.69, 9.17) is 4.74 Å². The Balaban J connectivity index is 0.000000151. The Kier molecular flexibility index (Phi) is 16.0. The molecule has 0 aromatic rings. The minimum absolute atomic E-state index is 0.552. The number of piperidine rings is 2. The van der Waals surface area contributed by atoms with E-state index < -0.39 is 0 Å². The molecule has 5 heteroatoms. The Morgan fingerprint density at radius 3 is 1.15 bits per heavy atom. The van der Waals surface area contributed by atoms with Gasteiger partial charge in [-0.1, -0.05) is 25.7 Å². The van der Waals surface area contributed by atoms with Crippen molar-refractivity contribution < 1.29 is 4.74 Å². The number of rotatable bonds is 4. The Morgan fingerprint density at radius 2 is 0.805 bits per heavy atom. The highest BCUT2D eigenvalue weighted by Gasteiger charge is 2.37. The van der Waals surface area contributed by atoms with Crippen LogP contribution in [0.2, 0.25) is 0 Å². The molecule has 6 rings (SSSR count).